The maximum atomic E-state index is 12.0. The van der Waals surface area contributed by atoms with E-state index in [2.05, 4.69) is 33.4 Å². The Labute approximate surface area is 136 Å². The number of carbonyl (C=O) groups is 1. The maximum Gasteiger partial charge on any atom is 0.279 e. The number of likely N-dealkylation sites (N-methyl/N-ethyl adjacent to an activating group) is 1. The zero-order valence-electron chi connectivity index (χ0n) is 11.5. The number of nitrogens with zero attached hydrogens (tertiary/aromatic N) is 1. The minimum absolute atomic E-state index is 0.0918. The summed E-state index contributed by atoms with van der Waals surface area (Å²) in [7, 11) is 1.98. The normalized spacial score (nSPS) is 11.7. The lowest BCUT2D eigenvalue weighted by Gasteiger charge is -2.13. The molecule has 1 amide bonds. The van der Waals surface area contributed by atoms with Crippen LogP contribution in [0, 0.1) is 11.3 Å². The highest BCUT2D eigenvalue weighted by molar-refractivity contribution is 9.11. The third kappa shape index (κ3) is 4.67. The molecule has 1 unspecified atom stereocenters. The predicted octanol–water partition coefficient (Wildman–Crippen LogP) is 2.04. The Hall–Kier alpha value is -1.68. The average molecular weight is 365 g/mol. The van der Waals surface area contributed by atoms with Crippen LogP contribution in [0.3, 0.4) is 0 Å². The molecule has 108 valence electrons. The molecule has 21 heavy (non-hydrogen) atoms. The number of nitrogens with one attached hydrogen (secondary N) is 2. The second-order valence-electron chi connectivity index (χ2n) is 4.72. The number of rotatable bonds is 5. The van der Waals surface area contributed by atoms with Crippen LogP contribution in [0.2, 0.25) is 0 Å². The third-order valence-electron chi connectivity index (χ3n) is 2.89. The third-order valence-corrected chi connectivity index (χ3v) is 4.51. The van der Waals surface area contributed by atoms with Crippen molar-refractivity contribution in [2.24, 2.45) is 0 Å². The molecular weight excluding hydrogens is 350 g/mol. The van der Waals surface area contributed by atoms with Gasteiger partial charge in [0, 0.05) is 0 Å². The Morgan fingerprint density at radius 3 is 2.81 bits per heavy atom. The molecule has 0 aliphatic carbocycles. The van der Waals surface area contributed by atoms with Crippen molar-refractivity contribution in [2.45, 2.75) is 6.54 Å². The van der Waals surface area contributed by atoms with Gasteiger partial charge in [-0.25, -0.2) is 0 Å². The average Bonchev–Trinajstić information content (AvgIpc) is 2.84. The van der Waals surface area contributed by atoms with Crippen molar-refractivity contribution in [1.29, 1.82) is 5.26 Å². The van der Waals surface area contributed by atoms with E-state index in [0.29, 0.717) is 17.8 Å². The molecule has 0 bridgehead atoms. The number of nitriles is 1. The quantitative estimate of drug-likeness (QED) is 0.852. The summed E-state index contributed by atoms with van der Waals surface area (Å²) in [5, 5.41) is 11.8. The lowest BCUT2D eigenvalue weighted by Crippen LogP contribution is -3.08. The van der Waals surface area contributed by atoms with E-state index < -0.39 is 0 Å². The van der Waals surface area contributed by atoms with Gasteiger partial charge in [-0.05, 0) is 40.2 Å². The van der Waals surface area contributed by atoms with Crippen LogP contribution >= 0.6 is 27.3 Å². The van der Waals surface area contributed by atoms with Gasteiger partial charge in [0.1, 0.15) is 12.6 Å². The van der Waals surface area contributed by atoms with Crippen molar-refractivity contribution < 1.29 is 9.69 Å². The fourth-order valence-electron chi connectivity index (χ4n) is 1.96. The number of thiophene rings is 1. The fraction of sp³-hybridized carbons (Fsp3) is 0.200. The first kappa shape index (κ1) is 15.7. The SMILES string of the molecule is C[NH+](CC(=O)Nc1ccccc1C#N)Cc1ccc(Br)s1. The fourth-order valence-corrected chi connectivity index (χ4v) is 3.56. The molecule has 0 saturated carbocycles. The summed E-state index contributed by atoms with van der Waals surface area (Å²) in [6, 6.07) is 13.1. The number of quaternary nitrogens is 1. The van der Waals surface area contributed by atoms with Crippen molar-refractivity contribution in [2.75, 3.05) is 18.9 Å². The lowest BCUT2D eigenvalue weighted by molar-refractivity contribution is -0.884. The summed E-state index contributed by atoms with van der Waals surface area (Å²) in [6.07, 6.45) is 0. The van der Waals surface area contributed by atoms with Crippen LogP contribution < -0.4 is 10.2 Å². The number of para-hydroxylation sites is 1. The number of anilines is 1. The molecule has 6 heteroatoms. The van der Waals surface area contributed by atoms with E-state index in [0.717, 1.165) is 15.2 Å². The van der Waals surface area contributed by atoms with Gasteiger partial charge in [-0.3, -0.25) is 4.79 Å². The van der Waals surface area contributed by atoms with Crippen LogP contribution in [0.1, 0.15) is 10.4 Å². The summed E-state index contributed by atoms with van der Waals surface area (Å²) in [5.41, 5.74) is 1.04. The summed E-state index contributed by atoms with van der Waals surface area (Å²) in [6.45, 7) is 1.15. The highest BCUT2D eigenvalue weighted by Crippen LogP contribution is 2.21. The van der Waals surface area contributed by atoms with Crippen molar-refractivity contribution in [3.8, 4) is 6.07 Å². The molecule has 0 fully saturated rings. The maximum absolute atomic E-state index is 12.0. The van der Waals surface area contributed by atoms with E-state index in [1.54, 1.807) is 35.6 Å². The van der Waals surface area contributed by atoms with Gasteiger partial charge in [0.15, 0.2) is 6.54 Å². The van der Waals surface area contributed by atoms with E-state index >= 15 is 0 Å². The molecule has 0 aliphatic heterocycles. The summed E-state index contributed by atoms with van der Waals surface area (Å²) < 4.78 is 1.10. The number of hydrogen-bond acceptors (Lipinski definition) is 3. The molecule has 2 rings (SSSR count). The molecule has 2 N–H and O–H groups in total. The Balaban J connectivity index is 1.91. The number of carbonyl (C=O) groups excluding carboxylic acids is 1. The van der Waals surface area contributed by atoms with Crippen LogP contribution in [-0.2, 0) is 11.3 Å². The Morgan fingerprint density at radius 2 is 2.14 bits per heavy atom. The monoisotopic (exact) mass is 364 g/mol. The van der Waals surface area contributed by atoms with Crippen LogP contribution in [-0.4, -0.2) is 19.5 Å². The van der Waals surface area contributed by atoms with Gasteiger partial charge < -0.3 is 10.2 Å². The largest absolute Gasteiger partial charge is 0.325 e. The summed E-state index contributed by atoms with van der Waals surface area (Å²) >= 11 is 5.11. The molecule has 4 nitrogen and oxygen atoms in total. The van der Waals surface area contributed by atoms with Crippen molar-refractivity contribution in [3.63, 3.8) is 0 Å². The number of halogens is 1. The first-order chi connectivity index (χ1) is 10.1. The van der Waals surface area contributed by atoms with E-state index in [-0.39, 0.29) is 5.91 Å². The molecular formula is C15H15BrN3OS+. The van der Waals surface area contributed by atoms with Crippen molar-refractivity contribution in [3.05, 3.63) is 50.6 Å². The molecule has 2 aromatic rings. The zero-order chi connectivity index (χ0) is 15.2. The molecule has 0 aliphatic rings. The van der Waals surface area contributed by atoms with Gasteiger partial charge in [-0.15, -0.1) is 11.3 Å². The minimum Gasteiger partial charge on any atom is -0.325 e. The molecule has 0 radical (unpaired) electrons. The first-order valence-electron chi connectivity index (χ1n) is 6.43. The molecule has 1 aromatic carbocycles. The van der Waals surface area contributed by atoms with Crippen LogP contribution in [0.4, 0.5) is 5.69 Å². The van der Waals surface area contributed by atoms with Crippen LogP contribution in [0.15, 0.2) is 40.2 Å². The van der Waals surface area contributed by atoms with Crippen LogP contribution in [0.5, 0.6) is 0 Å². The number of hydrogen-bond donors (Lipinski definition) is 2. The van der Waals surface area contributed by atoms with Gasteiger partial charge in [0.25, 0.3) is 5.91 Å². The molecule has 0 saturated heterocycles. The van der Waals surface area contributed by atoms with Gasteiger partial charge >= 0.3 is 0 Å². The number of benzene rings is 1. The van der Waals surface area contributed by atoms with Gasteiger partial charge in [0.05, 0.1) is 27.0 Å². The zero-order valence-corrected chi connectivity index (χ0v) is 13.9. The van der Waals surface area contributed by atoms with E-state index in [1.807, 2.05) is 13.1 Å². The van der Waals surface area contributed by atoms with Gasteiger partial charge in [-0.1, -0.05) is 12.1 Å². The van der Waals surface area contributed by atoms with E-state index in [4.69, 9.17) is 5.26 Å². The molecule has 0 spiro atoms. The highest BCUT2D eigenvalue weighted by atomic mass is 79.9. The van der Waals surface area contributed by atoms with E-state index in [9.17, 15) is 4.79 Å². The van der Waals surface area contributed by atoms with Crippen molar-refractivity contribution in [1.82, 2.24) is 0 Å². The summed E-state index contributed by atoms with van der Waals surface area (Å²) in [4.78, 5) is 14.4. The van der Waals surface area contributed by atoms with Gasteiger partial charge in [0.2, 0.25) is 0 Å². The highest BCUT2D eigenvalue weighted by Gasteiger charge is 2.13. The Kier molecular flexibility index (Phi) is 5.51. The predicted molar refractivity (Wildman–Crippen MR) is 87.3 cm³/mol. The van der Waals surface area contributed by atoms with Crippen molar-refractivity contribution >= 4 is 38.9 Å². The van der Waals surface area contributed by atoms with Gasteiger partial charge in [-0.2, -0.15) is 5.26 Å². The second kappa shape index (κ2) is 7.36. The minimum atomic E-state index is -0.0918. The smallest absolute Gasteiger partial charge is 0.279 e. The standard InChI is InChI=1S/C15H14BrN3OS/c1-19(9-12-6-7-14(16)21-12)10-15(20)18-13-5-3-2-4-11(13)8-17/h2-7H,9-10H2,1H3,(H,18,20)/p+1. The first-order valence-corrected chi connectivity index (χ1v) is 8.04. The molecule has 1 aromatic heterocycles. The molecule has 1 atom stereocenters. The summed E-state index contributed by atoms with van der Waals surface area (Å²) in [5.74, 6) is -0.0918. The lowest BCUT2D eigenvalue weighted by atomic mass is 10.2. The van der Waals surface area contributed by atoms with Crippen LogP contribution in [0.25, 0.3) is 0 Å². The Bertz CT molecular complexity index is 678. The second-order valence-corrected chi connectivity index (χ2v) is 7.27. The number of amides is 1. The topological polar surface area (TPSA) is 57.3 Å². The Morgan fingerprint density at radius 1 is 1.38 bits per heavy atom. The molecule has 1 heterocycles. The van der Waals surface area contributed by atoms with E-state index in [1.165, 1.54) is 4.88 Å².